The third-order valence-corrected chi connectivity index (χ3v) is 3.06. The van der Waals surface area contributed by atoms with Crippen LogP contribution in [-0.2, 0) is 0 Å². The van der Waals surface area contributed by atoms with E-state index in [9.17, 15) is 10.1 Å². The van der Waals surface area contributed by atoms with E-state index in [2.05, 4.69) is 31.2 Å². The molecule has 0 bridgehead atoms. The smallest absolute Gasteiger partial charge is 0.337 e. The maximum absolute atomic E-state index is 11.2. The fourth-order valence-corrected chi connectivity index (χ4v) is 2.06. The van der Waals surface area contributed by atoms with Crippen LogP contribution >= 0.6 is 15.9 Å². The minimum Gasteiger partial charge on any atom is -0.367 e. The van der Waals surface area contributed by atoms with E-state index >= 15 is 0 Å². The Balaban J connectivity index is 2.72. The molecule has 2 aromatic rings. The molecule has 2 rings (SSSR count). The zero-order valence-corrected chi connectivity index (χ0v) is 11.0. The van der Waals surface area contributed by atoms with Crippen molar-refractivity contribution in [1.82, 2.24) is 9.97 Å². The van der Waals surface area contributed by atoms with Gasteiger partial charge in [0.15, 0.2) is 5.69 Å². The van der Waals surface area contributed by atoms with E-state index in [0.717, 1.165) is 4.47 Å². The Morgan fingerprint density at radius 1 is 1.33 bits per heavy atom. The number of halogens is 1. The van der Waals surface area contributed by atoms with Crippen molar-refractivity contribution in [2.45, 2.75) is 0 Å². The molecule has 0 saturated heterocycles. The third-order valence-electron chi connectivity index (χ3n) is 2.37. The minimum atomic E-state index is -0.486. The summed E-state index contributed by atoms with van der Waals surface area (Å²) in [4.78, 5) is 18.5. The summed E-state index contributed by atoms with van der Waals surface area (Å²) in [5, 5.41) is 13.9. The summed E-state index contributed by atoms with van der Waals surface area (Å²) in [6, 6.07) is 7.20. The molecular weight excluding hydrogens is 300 g/mol. The van der Waals surface area contributed by atoms with Gasteiger partial charge in [-0.1, -0.05) is 34.1 Å². The molecule has 1 N–H and O–H groups in total. The van der Waals surface area contributed by atoms with Gasteiger partial charge >= 0.3 is 5.69 Å². The Morgan fingerprint density at radius 2 is 2.06 bits per heavy atom. The van der Waals surface area contributed by atoms with Gasteiger partial charge < -0.3 is 5.32 Å². The topological polar surface area (TPSA) is 81.0 Å². The second-order valence-corrected chi connectivity index (χ2v) is 4.26. The second kappa shape index (κ2) is 5.09. The van der Waals surface area contributed by atoms with Gasteiger partial charge in [0.05, 0.1) is 4.92 Å². The quantitative estimate of drug-likeness (QED) is 0.696. The van der Waals surface area contributed by atoms with E-state index in [1.165, 1.54) is 6.33 Å². The first-order chi connectivity index (χ1) is 8.65. The largest absolute Gasteiger partial charge is 0.367 e. The first-order valence-electron chi connectivity index (χ1n) is 5.07. The lowest BCUT2D eigenvalue weighted by Crippen LogP contribution is -2.03. The molecule has 0 aliphatic heterocycles. The maximum atomic E-state index is 11.2. The lowest BCUT2D eigenvalue weighted by atomic mass is 10.1. The van der Waals surface area contributed by atoms with E-state index in [4.69, 9.17) is 0 Å². The Labute approximate surface area is 111 Å². The van der Waals surface area contributed by atoms with Gasteiger partial charge in [-0.3, -0.25) is 10.1 Å². The molecule has 0 atom stereocenters. The number of rotatable bonds is 3. The zero-order valence-electron chi connectivity index (χ0n) is 9.42. The molecular formula is C11H9BrN4O2. The third kappa shape index (κ3) is 2.17. The highest BCUT2D eigenvalue weighted by Gasteiger charge is 2.24. The number of nitrogens with zero attached hydrogens (tertiary/aromatic N) is 3. The predicted molar refractivity (Wildman–Crippen MR) is 71.4 cm³/mol. The summed E-state index contributed by atoms with van der Waals surface area (Å²) in [7, 11) is 1.58. The van der Waals surface area contributed by atoms with Crippen molar-refractivity contribution in [3.8, 4) is 11.3 Å². The summed E-state index contributed by atoms with van der Waals surface area (Å²) >= 11 is 3.36. The monoisotopic (exact) mass is 308 g/mol. The molecule has 18 heavy (non-hydrogen) atoms. The van der Waals surface area contributed by atoms with E-state index in [-0.39, 0.29) is 17.2 Å². The fraction of sp³-hybridized carbons (Fsp3) is 0.0909. The van der Waals surface area contributed by atoms with Gasteiger partial charge in [-0.15, -0.1) is 0 Å². The first-order valence-corrected chi connectivity index (χ1v) is 5.86. The zero-order chi connectivity index (χ0) is 13.1. The average Bonchev–Trinajstić information content (AvgIpc) is 2.38. The summed E-state index contributed by atoms with van der Waals surface area (Å²) < 4.78 is 0.744. The average molecular weight is 309 g/mol. The summed E-state index contributed by atoms with van der Waals surface area (Å²) in [5.41, 5.74) is 0.807. The van der Waals surface area contributed by atoms with Crippen molar-refractivity contribution >= 4 is 27.4 Å². The molecule has 92 valence electrons. The van der Waals surface area contributed by atoms with E-state index in [1.54, 1.807) is 25.2 Å². The molecule has 0 amide bonds. The van der Waals surface area contributed by atoms with Gasteiger partial charge in [-0.05, 0) is 6.07 Å². The van der Waals surface area contributed by atoms with Crippen LogP contribution in [0.25, 0.3) is 11.3 Å². The lowest BCUT2D eigenvalue weighted by Gasteiger charge is -2.07. The number of hydrogen-bond donors (Lipinski definition) is 1. The standard InChI is InChI=1S/C11H9BrN4O2/c1-13-11-10(16(17)18)9(14-6-15-11)7-4-2-3-5-8(7)12/h2-6H,1H3,(H,13,14,15). The molecule has 6 nitrogen and oxygen atoms in total. The van der Waals surface area contributed by atoms with E-state index < -0.39 is 4.92 Å². The molecule has 1 aromatic carbocycles. The van der Waals surface area contributed by atoms with Crippen molar-refractivity contribution in [1.29, 1.82) is 0 Å². The second-order valence-electron chi connectivity index (χ2n) is 3.41. The minimum absolute atomic E-state index is 0.132. The Bertz CT molecular complexity index is 603. The SMILES string of the molecule is CNc1ncnc(-c2ccccc2Br)c1[N+](=O)[O-]. The normalized spacial score (nSPS) is 10.1. The Hall–Kier alpha value is -2.02. The molecule has 0 fully saturated rings. The first kappa shape index (κ1) is 12.4. The van der Waals surface area contributed by atoms with Crippen LogP contribution in [0.5, 0.6) is 0 Å². The van der Waals surface area contributed by atoms with Crippen LogP contribution in [-0.4, -0.2) is 21.9 Å². The van der Waals surface area contributed by atoms with Crippen molar-refractivity contribution in [3.63, 3.8) is 0 Å². The van der Waals surface area contributed by atoms with Gasteiger partial charge in [0.25, 0.3) is 0 Å². The van der Waals surface area contributed by atoms with E-state index in [1.807, 2.05) is 6.07 Å². The molecule has 0 radical (unpaired) electrons. The molecule has 1 aromatic heterocycles. The number of hydrogen-bond acceptors (Lipinski definition) is 5. The highest BCUT2D eigenvalue weighted by Crippen LogP contribution is 2.35. The summed E-state index contributed by atoms with van der Waals surface area (Å²) in [6.45, 7) is 0. The van der Waals surface area contributed by atoms with Crippen LogP contribution < -0.4 is 5.32 Å². The molecule has 0 aliphatic rings. The van der Waals surface area contributed by atoms with Gasteiger partial charge in [0, 0.05) is 17.1 Å². The van der Waals surface area contributed by atoms with Crippen LogP contribution in [0, 0.1) is 10.1 Å². The highest BCUT2D eigenvalue weighted by atomic mass is 79.9. The summed E-state index contributed by atoms with van der Waals surface area (Å²) in [5.74, 6) is 0.195. The number of nitrogens with one attached hydrogen (secondary N) is 1. The molecule has 0 unspecified atom stereocenters. The molecule has 0 aliphatic carbocycles. The lowest BCUT2D eigenvalue weighted by molar-refractivity contribution is -0.383. The molecule has 7 heteroatoms. The fourth-order valence-electron chi connectivity index (χ4n) is 1.59. The van der Waals surface area contributed by atoms with Crippen molar-refractivity contribution in [3.05, 3.63) is 45.2 Å². The van der Waals surface area contributed by atoms with Gasteiger partial charge in [0.1, 0.15) is 6.33 Å². The van der Waals surface area contributed by atoms with Gasteiger partial charge in [-0.25, -0.2) is 9.97 Å². The van der Waals surface area contributed by atoms with Crippen LogP contribution in [0.2, 0.25) is 0 Å². The van der Waals surface area contributed by atoms with Gasteiger partial charge in [0.2, 0.25) is 5.82 Å². The number of benzene rings is 1. The molecule has 0 saturated carbocycles. The maximum Gasteiger partial charge on any atom is 0.337 e. The molecule has 0 spiro atoms. The van der Waals surface area contributed by atoms with Gasteiger partial charge in [-0.2, -0.15) is 0 Å². The Kier molecular flexibility index (Phi) is 3.52. The number of nitro groups is 1. The van der Waals surface area contributed by atoms with Crippen molar-refractivity contribution in [2.75, 3.05) is 12.4 Å². The van der Waals surface area contributed by atoms with Crippen molar-refractivity contribution in [2.24, 2.45) is 0 Å². The van der Waals surface area contributed by atoms with Crippen LogP contribution in [0.15, 0.2) is 35.1 Å². The highest BCUT2D eigenvalue weighted by molar-refractivity contribution is 9.10. The van der Waals surface area contributed by atoms with Crippen LogP contribution in [0.3, 0.4) is 0 Å². The predicted octanol–water partition coefficient (Wildman–Crippen LogP) is 2.86. The number of anilines is 1. The Morgan fingerprint density at radius 3 is 2.67 bits per heavy atom. The number of aromatic nitrogens is 2. The van der Waals surface area contributed by atoms with Crippen LogP contribution in [0.4, 0.5) is 11.5 Å². The summed E-state index contributed by atoms with van der Waals surface area (Å²) in [6.07, 6.45) is 1.30. The van der Waals surface area contributed by atoms with Crippen LogP contribution in [0.1, 0.15) is 0 Å². The van der Waals surface area contributed by atoms with Crippen molar-refractivity contribution < 1.29 is 4.92 Å². The van der Waals surface area contributed by atoms with E-state index in [0.29, 0.717) is 5.56 Å². The molecule has 1 heterocycles.